The molecular formula is C12H19N3O. The summed E-state index contributed by atoms with van der Waals surface area (Å²) < 4.78 is 5.66. The molecule has 1 aromatic heterocycles. The number of nitrogens with zero attached hydrogens (tertiary/aromatic N) is 2. The second-order valence-corrected chi connectivity index (χ2v) is 4.36. The largest absolute Gasteiger partial charge is 0.374 e. The van der Waals surface area contributed by atoms with Crippen molar-refractivity contribution in [3.8, 4) is 0 Å². The van der Waals surface area contributed by atoms with Crippen LogP contribution in [0.3, 0.4) is 0 Å². The van der Waals surface area contributed by atoms with E-state index in [1.165, 1.54) is 5.56 Å². The average Bonchev–Trinajstić information content (AvgIpc) is 2.28. The van der Waals surface area contributed by atoms with Crippen molar-refractivity contribution in [3.63, 3.8) is 0 Å². The molecule has 1 aromatic rings. The Kier molecular flexibility index (Phi) is 3.74. The second-order valence-electron chi connectivity index (χ2n) is 4.36. The maximum Gasteiger partial charge on any atom is 0.125 e. The van der Waals surface area contributed by atoms with E-state index in [-0.39, 0.29) is 6.10 Å². The minimum absolute atomic E-state index is 0.266. The molecule has 4 heteroatoms. The fourth-order valence-corrected chi connectivity index (χ4v) is 1.78. The topological polar surface area (TPSA) is 37.4 Å². The molecule has 0 aliphatic carbocycles. The number of rotatable bonds is 3. The van der Waals surface area contributed by atoms with Gasteiger partial charge in [0.25, 0.3) is 0 Å². The first-order valence-corrected chi connectivity index (χ1v) is 5.71. The maximum atomic E-state index is 5.66. The quantitative estimate of drug-likeness (QED) is 0.830. The van der Waals surface area contributed by atoms with Gasteiger partial charge in [0, 0.05) is 25.8 Å². The Morgan fingerprint density at radius 1 is 1.56 bits per heavy atom. The van der Waals surface area contributed by atoms with Gasteiger partial charge in [0.1, 0.15) is 5.82 Å². The van der Waals surface area contributed by atoms with E-state index in [1.807, 2.05) is 19.2 Å². The summed E-state index contributed by atoms with van der Waals surface area (Å²) in [6.07, 6.45) is 2.14. The molecular weight excluding hydrogens is 202 g/mol. The molecule has 16 heavy (non-hydrogen) atoms. The highest BCUT2D eigenvalue weighted by molar-refractivity contribution is 5.35. The van der Waals surface area contributed by atoms with Crippen LogP contribution in [0.1, 0.15) is 5.56 Å². The zero-order valence-electron chi connectivity index (χ0n) is 9.94. The summed E-state index contributed by atoms with van der Waals surface area (Å²) in [4.78, 5) is 6.59. The minimum Gasteiger partial charge on any atom is -0.374 e. The van der Waals surface area contributed by atoms with Crippen molar-refractivity contribution in [2.45, 2.75) is 13.0 Å². The lowest BCUT2D eigenvalue weighted by Crippen LogP contribution is -2.43. The van der Waals surface area contributed by atoms with Crippen molar-refractivity contribution >= 4 is 5.82 Å². The Hall–Kier alpha value is -1.13. The van der Waals surface area contributed by atoms with E-state index in [4.69, 9.17) is 4.74 Å². The van der Waals surface area contributed by atoms with Crippen molar-refractivity contribution in [2.24, 2.45) is 0 Å². The number of morpholine rings is 1. The number of hydrogen-bond acceptors (Lipinski definition) is 4. The molecule has 0 bridgehead atoms. The Labute approximate surface area is 96.6 Å². The predicted molar refractivity (Wildman–Crippen MR) is 64.7 cm³/mol. The molecule has 1 saturated heterocycles. The summed E-state index contributed by atoms with van der Waals surface area (Å²) in [5, 5.41) is 3.30. The SMILES string of the molecule is Cc1ccc(NCC2CN(C)CCO2)nc1. The monoisotopic (exact) mass is 221 g/mol. The van der Waals surface area contributed by atoms with E-state index in [0.29, 0.717) is 0 Å². The third-order valence-electron chi connectivity index (χ3n) is 2.76. The first-order valence-electron chi connectivity index (χ1n) is 5.71. The number of anilines is 1. The van der Waals surface area contributed by atoms with Crippen LogP contribution < -0.4 is 5.32 Å². The van der Waals surface area contributed by atoms with Crippen LogP contribution in [-0.4, -0.2) is 49.3 Å². The van der Waals surface area contributed by atoms with Crippen LogP contribution in [0.15, 0.2) is 18.3 Å². The van der Waals surface area contributed by atoms with Gasteiger partial charge in [-0.1, -0.05) is 6.07 Å². The Morgan fingerprint density at radius 3 is 3.12 bits per heavy atom. The van der Waals surface area contributed by atoms with Gasteiger partial charge in [-0.15, -0.1) is 0 Å². The molecule has 1 aliphatic heterocycles. The van der Waals surface area contributed by atoms with Crippen molar-refractivity contribution in [2.75, 3.05) is 38.6 Å². The molecule has 0 radical (unpaired) electrons. The highest BCUT2D eigenvalue weighted by atomic mass is 16.5. The van der Waals surface area contributed by atoms with Gasteiger partial charge >= 0.3 is 0 Å². The lowest BCUT2D eigenvalue weighted by atomic mass is 10.2. The van der Waals surface area contributed by atoms with Crippen molar-refractivity contribution in [3.05, 3.63) is 23.9 Å². The minimum atomic E-state index is 0.266. The third kappa shape index (κ3) is 3.18. The lowest BCUT2D eigenvalue weighted by Gasteiger charge is -2.30. The lowest BCUT2D eigenvalue weighted by molar-refractivity contribution is -0.0117. The average molecular weight is 221 g/mol. The van der Waals surface area contributed by atoms with E-state index in [1.54, 1.807) is 0 Å². The summed E-state index contributed by atoms with van der Waals surface area (Å²) in [6.45, 7) is 5.69. The first-order chi connectivity index (χ1) is 7.74. The van der Waals surface area contributed by atoms with Gasteiger partial charge in [-0.3, -0.25) is 0 Å². The van der Waals surface area contributed by atoms with E-state index >= 15 is 0 Å². The van der Waals surface area contributed by atoms with Crippen LogP contribution in [-0.2, 0) is 4.74 Å². The molecule has 0 aromatic carbocycles. The summed E-state index contributed by atoms with van der Waals surface area (Å²) in [5.41, 5.74) is 1.18. The Balaban J connectivity index is 1.80. The normalized spacial score (nSPS) is 22.0. The third-order valence-corrected chi connectivity index (χ3v) is 2.76. The van der Waals surface area contributed by atoms with E-state index in [2.05, 4.69) is 28.3 Å². The van der Waals surface area contributed by atoms with Gasteiger partial charge in [0.05, 0.1) is 12.7 Å². The Bertz CT molecular complexity index is 326. The molecule has 1 atom stereocenters. The molecule has 1 unspecified atom stereocenters. The van der Waals surface area contributed by atoms with Crippen LogP contribution in [0, 0.1) is 6.92 Å². The van der Waals surface area contributed by atoms with Crippen LogP contribution >= 0.6 is 0 Å². The summed E-state index contributed by atoms with van der Waals surface area (Å²) in [7, 11) is 2.12. The molecule has 88 valence electrons. The van der Waals surface area contributed by atoms with E-state index in [9.17, 15) is 0 Å². The van der Waals surface area contributed by atoms with Crippen LogP contribution in [0.5, 0.6) is 0 Å². The number of aryl methyl sites for hydroxylation is 1. The van der Waals surface area contributed by atoms with Gasteiger partial charge in [-0.05, 0) is 25.6 Å². The molecule has 2 rings (SSSR count). The molecule has 1 fully saturated rings. The molecule has 0 amide bonds. The van der Waals surface area contributed by atoms with Crippen LogP contribution in [0.2, 0.25) is 0 Å². The molecule has 2 heterocycles. The number of hydrogen-bond donors (Lipinski definition) is 1. The molecule has 0 spiro atoms. The molecule has 1 aliphatic rings. The fraction of sp³-hybridized carbons (Fsp3) is 0.583. The second kappa shape index (κ2) is 5.27. The summed E-state index contributed by atoms with van der Waals surface area (Å²) in [6, 6.07) is 4.06. The van der Waals surface area contributed by atoms with Gasteiger partial charge in [0.15, 0.2) is 0 Å². The van der Waals surface area contributed by atoms with Gasteiger partial charge in [-0.25, -0.2) is 4.98 Å². The number of pyridine rings is 1. The van der Waals surface area contributed by atoms with Gasteiger partial charge < -0.3 is 15.0 Å². The van der Waals surface area contributed by atoms with Gasteiger partial charge in [0.2, 0.25) is 0 Å². The Morgan fingerprint density at radius 2 is 2.44 bits per heavy atom. The number of nitrogens with one attached hydrogen (secondary N) is 1. The maximum absolute atomic E-state index is 5.66. The van der Waals surface area contributed by atoms with Crippen molar-refractivity contribution < 1.29 is 4.74 Å². The smallest absolute Gasteiger partial charge is 0.125 e. The van der Waals surface area contributed by atoms with Crippen LogP contribution in [0.4, 0.5) is 5.82 Å². The molecule has 1 N–H and O–H groups in total. The summed E-state index contributed by atoms with van der Waals surface area (Å²) >= 11 is 0. The molecule has 0 saturated carbocycles. The van der Waals surface area contributed by atoms with Gasteiger partial charge in [-0.2, -0.15) is 0 Å². The standard InChI is InChI=1S/C12H19N3O/c1-10-3-4-12(13-7-10)14-8-11-9-15(2)5-6-16-11/h3-4,7,11H,5-6,8-9H2,1-2H3,(H,13,14). The molecule has 4 nitrogen and oxygen atoms in total. The first kappa shape index (κ1) is 11.4. The zero-order chi connectivity index (χ0) is 11.4. The fourth-order valence-electron chi connectivity index (χ4n) is 1.78. The number of aromatic nitrogens is 1. The highest BCUT2D eigenvalue weighted by Gasteiger charge is 2.17. The number of likely N-dealkylation sites (N-methyl/N-ethyl adjacent to an activating group) is 1. The summed E-state index contributed by atoms with van der Waals surface area (Å²) in [5.74, 6) is 0.919. The van der Waals surface area contributed by atoms with E-state index in [0.717, 1.165) is 32.1 Å². The number of ether oxygens (including phenoxy) is 1. The van der Waals surface area contributed by atoms with E-state index < -0.39 is 0 Å². The predicted octanol–water partition coefficient (Wildman–Crippen LogP) is 1.13. The zero-order valence-corrected chi connectivity index (χ0v) is 9.94. The highest BCUT2D eigenvalue weighted by Crippen LogP contribution is 2.07. The van der Waals surface area contributed by atoms with Crippen LogP contribution in [0.25, 0.3) is 0 Å². The van der Waals surface area contributed by atoms with Crippen molar-refractivity contribution in [1.82, 2.24) is 9.88 Å². The van der Waals surface area contributed by atoms with Crippen molar-refractivity contribution in [1.29, 1.82) is 0 Å².